The molecular formula is C24H24F3N3OS2. The summed E-state index contributed by atoms with van der Waals surface area (Å²) in [6.45, 7) is 0. The Morgan fingerprint density at radius 2 is 1.79 bits per heavy atom. The summed E-state index contributed by atoms with van der Waals surface area (Å²) in [6.07, 6.45) is 1.36. The fourth-order valence-electron chi connectivity index (χ4n) is 3.98. The van der Waals surface area contributed by atoms with Crippen LogP contribution in [0, 0.1) is 17.5 Å². The Balaban J connectivity index is 1.47. The third-order valence-corrected chi connectivity index (χ3v) is 7.76. The van der Waals surface area contributed by atoms with E-state index in [9.17, 15) is 18.0 Å². The lowest BCUT2D eigenvalue weighted by Crippen LogP contribution is -2.49. The number of thiazole rings is 1. The van der Waals surface area contributed by atoms with E-state index in [1.165, 1.54) is 11.3 Å². The summed E-state index contributed by atoms with van der Waals surface area (Å²) >= 11 is 3.36. The van der Waals surface area contributed by atoms with Gasteiger partial charge in [0.2, 0.25) is 5.91 Å². The Morgan fingerprint density at radius 1 is 1.09 bits per heavy atom. The van der Waals surface area contributed by atoms with Crippen molar-refractivity contribution in [1.82, 2.24) is 10.3 Å². The Labute approximate surface area is 198 Å². The standard InChI is InChI=1S/C24H24F3N3OS2/c25-18-13-20(27)19(26)11-16(18)10-17(28)12-22(31)30-24(6-8-32-9-7-24)23-29-21(14-33-23)15-4-2-1-3-5-15/h1-5,11,13-14,17H,6-10,12,28H2,(H,30,31)/t17-/m1/s1. The summed E-state index contributed by atoms with van der Waals surface area (Å²) in [5, 5.41) is 6.01. The number of thioether (sulfide) groups is 1. The summed E-state index contributed by atoms with van der Waals surface area (Å²) in [5.41, 5.74) is 7.33. The van der Waals surface area contributed by atoms with E-state index in [-0.39, 0.29) is 24.3 Å². The van der Waals surface area contributed by atoms with Gasteiger partial charge in [0, 0.05) is 29.5 Å². The average molecular weight is 492 g/mol. The van der Waals surface area contributed by atoms with Gasteiger partial charge in [-0.2, -0.15) is 11.8 Å². The molecule has 4 rings (SSSR count). The summed E-state index contributed by atoms with van der Waals surface area (Å²) in [5.74, 6) is -1.74. The van der Waals surface area contributed by atoms with Gasteiger partial charge in [0.25, 0.3) is 0 Å². The highest BCUT2D eigenvalue weighted by atomic mass is 32.2. The number of nitrogens with zero attached hydrogens (tertiary/aromatic N) is 1. The predicted octanol–water partition coefficient (Wildman–Crippen LogP) is 5.03. The van der Waals surface area contributed by atoms with E-state index in [2.05, 4.69) is 5.32 Å². The molecule has 3 N–H and O–H groups in total. The highest BCUT2D eigenvalue weighted by molar-refractivity contribution is 7.99. The molecule has 1 aliphatic rings. The number of halogens is 3. The number of nitrogens with two attached hydrogens (primary N) is 1. The van der Waals surface area contributed by atoms with Crippen LogP contribution in [0.1, 0.15) is 29.8 Å². The van der Waals surface area contributed by atoms with Crippen molar-refractivity contribution in [3.8, 4) is 11.3 Å². The van der Waals surface area contributed by atoms with Gasteiger partial charge in [-0.05, 0) is 42.4 Å². The average Bonchev–Trinajstić information content (AvgIpc) is 3.30. The van der Waals surface area contributed by atoms with E-state index in [4.69, 9.17) is 10.7 Å². The third kappa shape index (κ3) is 5.59. The first kappa shape index (κ1) is 23.8. The molecule has 2 aromatic carbocycles. The lowest BCUT2D eigenvalue weighted by atomic mass is 9.92. The monoisotopic (exact) mass is 491 g/mol. The second-order valence-corrected chi connectivity index (χ2v) is 10.3. The molecule has 9 heteroatoms. The Kier molecular flexibility index (Phi) is 7.41. The number of hydrogen-bond acceptors (Lipinski definition) is 5. The van der Waals surface area contributed by atoms with Crippen LogP contribution in [0.25, 0.3) is 11.3 Å². The summed E-state index contributed by atoms with van der Waals surface area (Å²) < 4.78 is 40.6. The van der Waals surface area contributed by atoms with E-state index < -0.39 is 29.0 Å². The first-order valence-electron chi connectivity index (χ1n) is 10.7. The number of aromatic nitrogens is 1. The predicted molar refractivity (Wildman–Crippen MR) is 127 cm³/mol. The van der Waals surface area contributed by atoms with Gasteiger partial charge in [0.05, 0.1) is 11.2 Å². The minimum atomic E-state index is -1.25. The molecule has 4 nitrogen and oxygen atoms in total. The van der Waals surface area contributed by atoms with Gasteiger partial charge >= 0.3 is 0 Å². The van der Waals surface area contributed by atoms with Crippen molar-refractivity contribution in [1.29, 1.82) is 0 Å². The van der Waals surface area contributed by atoms with Crippen molar-refractivity contribution >= 4 is 29.0 Å². The molecule has 0 radical (unpaired) electrons. The maximum absolute atomic E-state index is 14.0. The van der Waals surface area contributed by atoms with Crippen LogP contribution in [-0.4, -0.2) is 28.4 Å². The molecule has 33 heavy (non-hydrogen) atoms. The molecule has 1 fully saturated rings. The Hall–Kier alpha value is -2.36. The van der Waals surface area contributed by atoms with Crippen molar-refractivity contribution in [3.05, 3.63) is 75.9 Å². The molecule has 1 aromatic heterocycles. The minimum absolute atomic E-state index is 0.0505. The van der Waals surface area contributed by atoms with Crippen molar-refractivity contribution in [3.63, 3.8) is 0 Å². The summed E-state index contributed by atoms with van der Waals surface area (Å²) in [7, 11) is 0. The van der Waals surface area contributed by atoms with E-state index >= 15 is 0 Å². The van der Waals surface area contributed by atoms with Crippen LogP contribution in [0.5, 0.6) is 0 Å². The SMILES string of the molecule is N[C@@H](CC(=O)NC1(c2nc(-c3ccccc3)cs2)CCSCC1)Cc1cc(F)c(F)cc1F. The maximum atomic E-state index is 14.0. The van der Waals surface area contributed by atoms with E-state index in [1.807, 2.05) is 47.5 Å². The van der Waals surface area contributed by atoms with Crippen molar-refractivity contribution in [2.75, 3.05) is 11.5 Å². The summed E-state index contributed by atoms with van der Waals surface area (Å²) in [4.78, 5) is 17.8. The molecule has 1 aliphatic heterocycles. The van der Waals surface area contributed by atoms with Crippen molar-refractivity contribution < 1.29 is 18.0 Å². The van der Waals surface area contributed by atoms with E-state index in [0.29, 0.717) is 6.07 Å². The van der Waals surface area contributed by atoms with Gasteiger partial charge in [0.1, 0.15) is 10.8 Å². The molecule has 0 aliphatic carbocycles. The Morgan fingerprint density at radius 3 is 2.52 bits per heavy atom. The van der Waals surface area contributed by atoms with Gasteiger partial charge in [-0.15, -0.1) is 11.3 Å². The first-order chi connectivity index (χ1) is 15.9. The zero-order valence-electron chi connectivity index (χ0n) is 17.8. The second kappa shape index (κ2) is 10.3. The topological polar surface area (TPSA) is 68.0 Å². The lowest BCUT2D eigenvalue weighted by molar-refractivity contribution is -0.123. The highest BCUT2D eigenvalue weighted by Crippen LogP contribution is 2.39. The number of carbonyl (C=O) groups excluding carboxylic acids is 1. The molecular weight excluding hydrogens is 467 g/mol. The van der Waals surface area contributed by atoms with Crippen LogP contribution in [-0.2, 0) is 16.8 Å². The number of benzene rings is 2. The van der Waals surface area contributed by atoms with Gasteiger partial charge in [-0.1, -0.05) is 30.3 Å². The van der Waals surface area contributed by atoms with Crippen LogP contribution < -0.4 is 11.1 Å². The van der Waals surface area contributed by atoms with Crippen molar-refractivity contribution in [2.24, 2.45) is 5.73 Å². The number of amides is 1. The number of nitrogens with one attached hydrogen (secondary N) is 1. The lowest BCUT2D eigenvalue weighted by Gasteiger charge is -2.36. The number of rotatable bonds is 7. The quantitative estimate of drug-likeness (QED) is 0.455. The van der Waals surface area contributed by atoms with Gasteiger partial charge < -0.3 is 11.1 Å². The van der Waals surface area contributed by atoms with Gasteiger partial charge in [0.15, 0.2) is 11.6 Å². The van der Waals surface area contributed by atoms with Gasteiger partial charge in [-0.25, -0.2) is 18.2 Å². The maximum Gasteiger partial charge on any atom is 0.222 e. The fourth-order valence-corrected chi connectivity index (χ4v) is 6.21. The molecule has 1 saturated heterocycles. The zero-order valence-corrected chi connectivity index (χ0v) is 19.5. The molecule has 174 valence electrons. The van der Waals surface area contributed by atoms with Crippen LogP contribution in [0.3, 0.4) is 0 Å². The van der Waals surface area contributed by atoms with Crippen LogP contribution >= 0.6 is 23.1 Å². The first-order valence-corrected chi connectivity index (χ1v) is 12.7. The Bertz CT molecular complexity index is 1120. The fraction of sp³-hybridized carbons (Fsp3) is 0.333. The second-order valence-electron chi connectivity index (χ2n) is 8.17. The largest absolute Gasteiger partial charge is 0.344 e. The van der Waals surface area contributed by atoms with Gasteiger partial charge in [-0.3, -0.25) is 4.79 Å². The normalized spacial score (nSPS) is 16.4. The molecule has 1 atom stereocenters. The van der Waals surface area contributed by atoms with E-state index in [1.54, 1.807) is 0 Å². The van der Waals surface area contributed by atoms with Crippen LogP contribution in [0.2, 0.25) is 0 Å². The zero-order chi connectivity index (χ0) is 23.4. The smallest absolute Gasteiger partial charge is 0.222 e. The summed E-state index contributed by atoms with van der Waals surface area (Å²) in [6, 6.07) is 10.4. The number of hydrogen-bond donors (Lipinski definition) is 2. The molecule has 3 aromatic rings. The van der Waals surface area contributed by atoms with Crippen molar-refractivity contribution in [2.45, 2.75) is 37.3 Å². The molecule has 2 heterocycles. The molecule has 0 bridgehead atoms. The molecule has 0 unspecified atom stereocenters. The minimum Gasteiger partial charge on any atom is -0.344 e. The van der Waals surface area contributed by atoms with E-state index in [0.717, 1.165) is 46.7 Å². The molecule has 0 spiro atoms. The molecule has 1 amide bonds. The highest BCUT2D eigenvalue weighted by Gasteiger charge is 2.38. The molecule has 0 saturated carbocycles. The van der Waals surface area contributed by atoms with Crippen LogP contribution in [0.4, 0.5) is 13.2 Å². The number of carbonyl (C=O) groups is 1. The van der Waals surface area contributed by atoms with Crippen LogP contribution in [0.15, 0.2) is 47.8 Å². The third-order valence-electron chi connectivity index (χ3n) is 5.73.